The molecule has 6 heteroatoms. The number of hydrogen-bond acceptors (Lipinski definition) is 4. The van der Waals surface area contributed by atoms with Gasteiger partial charge in [0.1, 0.15) is 5.82 Å². The van der Waals surface area contributed by atoms with E-state index in [1.54, 1.807) is 11.3 Å². The largest absolute Gasteiger partial charge is 0.354 e. The first-order valence-corrected chi connectivity index (χ1v) is 7.15. The topological polar surface area (TPSA) is 34.0 Å². The third-order valence-electron chi connectivity index (χ3n) is 2.87. The van der Waals surface area contributed by atoms with Gasteiger partial charge in [-0.2, -0.15) is 5.10 Å². The molecule has 0 saturated carbocycles. The lowest BCUT2D eigenvalue weighted by Gasteiger charge is -2.19. The lowest BCUT2D eigenvalue weighted by Crippen LogP contribution is -2.20. The monoisotopic (exact) mass is 284 g/mol. The van der Waals surface area contributed by atoms with Gasteiger partial charge in [0, 0.05) is 25.0 Å². The predicted molar refractivity (Wildman–Crippen MR) is 76.5 cm³/mol. The molecule has 2 aromatic rings. The van der Waals surface area contributed by atoms with Crippen LogP contribution >= 0.6 is 22.9 Å². The summed E-state index contributed by atoms with van der Waals surface area (Å²) >= 11 is 7.68. The summed E-state index contributed by atoms with van der Waals surface area (Å²) in [5, 5.41) is 7.61. The Balaban J connectivity index is 2.25. The Kier molecular flexibility index (Phi) is 3.92. The summed E-state index contributed by atoms with van der Waals surface area (Å²) < 4.78 is 1.88. The first-order valence-electron chi connectivity index (χ1n) is 5.73. The molecule has 0 unspecified atom stereocenters. The fourth-order valence-corrected chi connectivity index (χ4v) is 3.04. The predicted octanol–water partition coefficient (Wildman–Crippen LogP) is 2.87. The number of hydrogen-bond donors (Lipinski definition) is 0. The van der Waals surface area contributed by atoms with Gasteiger partial charge in [-0.3, -0.25) is 4.68 Å². The van der Waals surface area contributed by atoms with Gasteiger partial charge in [0.05, 0.1) is 28.8 Å². The fraction of sp³-hybridized carbons (Fsp3) is 0.500. The van der Waals surface area contributed by atoms with E-state index in [2.05, 4.69) is 20.4 Å². The summed E-state index contributed by atoms with van der Waals surface area (Å²) in [6, 6.07) is 0. The average Bonchev–Trinajstić information content (AvgIpc) is 2.82. The fourth-order valence-electron chi connectivity index (χ4n) is 2.12. The number of thiazole rings is 1. The Labute approximate surface area is 116 Å². The molecule has 0 aliphatic carbocycles. The van der Waals surface area contributed by atoms with Crippen LogP contribution in [0.2, 0.25) is 0 Å². The van der Waals surface area contributed by atoms with Crippen LogP contribution in [0.4, 0.5) is 5.82 Å². The Morgan fingerprint density at radius 1 is 1.44 bits per heavy atom. The zero-order valence-corrected chi connectivity index (χ0v) is 12.6. The van der Waals surface area contributed by atoms with E-state index in [4.69, 9.17) is 11.6 Å². The van der Waals surface area contributed by atoms with Gasteiger partial charge in [-0.1, -0.05) is 0 Å². The summed E-state index contributed by atoms with van der Waals surface area (Å²) in [6.07, 6.45) is 0. The van der Waals surface area contributed by atoms with Crippen molar-refractivity contribution in [1.29, 1.82) is 0 Å². The minimum Gasteiger partial charge on any atom is -0.354 e. The van der Waals surface area contributed by atoms with E-state index in [0.29, 0.717) is 5.88 Å². The zero-order valence-electron chi connectivity index (χ0n) is 11.1. The highest BCUT2D eigenvalue weighted by molar-refractivity contribution is 7.09. The quantitative estimate of drug-likeness (QED) is 0.810. The molecule has 2 heterocycles. The minimum absolute atomic E-state index is 0.482. The Morgan fingerprint density at radius 2 is 2.17 bits per heavy atom. The van der Waals surface area contributed by atoms with E-state index >= 15 is 0 Å². The number of rotatable bonds is 4. The van der Waals surface area contributed by atoms with Gasteiger partial charge < -0.3 is 4.90 Å². The van der Waals surface area contributed by atoms with E-state index in [9.17, 15) is 0 Å². The molecule has 0 aromatic carbocycles. The lowest BCUT2D eigenvalue weighted by molar-refractivity contribution is 0.723. The average molecular weight is 285 g/mol. The smallest absolute Gasteiger partial charge is 0.131 e. The van der Waals surface area contributed by atoms with Crippen molar-refractivity contribution < 1.29 is 0 Å². The maximum atomic E-state index is 6.01. The van der Waals surface area contributed by atoms with Crippen LogP contribution in [0.3, 0.4) is 0 Å². The van der Waals surface area contributed by atoms with Crippen LogP contribution in [-0.2, 0) is 19.5 Å². The number of nitrogens with zero attached hydrogens (tertiary/aromatic N) is 4. The van der Waals surface area contributed by atoms with Gasteiger partial charge in [0.15, 0.2) is 0 Å². The van der Waals surface area contributed by atoms with Crippen molar-refractivity contribution in [2.45, 2.75) is 26.3 Å². The van der Waals surface area contributed by atoms with Crippen LogP contribution in [-0.4, -0.2) is 21.8 Å². The van der Waals surface area contributed by atoms with Gasteiger partial charge in [-0.15, -0.1) is 22.9 Å². The normalized spacial score (nSPS) is 10.9. The molecule has 0 saturated heterocycles. The lowest BCUT2D eigenvalue weighted by atomic mass is 10.2. The molecule has 0 radical (unpaired) electrons. The maximum absolute atomic E-state index is 6.01. The third-order valence-corrected chi connectivity index (χ3v) is 3.96. The molecule has 0 aliphatic rings. The SMILES string of the molecule is Cc1nc(CN(C)c2c(CCl)c(C)nn2C)cs1. The molecule has 0 amide bonds. The summed E-state index contributed by atoms with van der Waals surface area (Å²) in [5.74, 6) is 1.54. The van der Waals surface area contributed by atoms with Crippen molar-refractivity contribution in [1.82, 2.24) is 14.8 Å². The summed E-state index contributed by atoms with van der Waals surface area (Å²) in [6.45, 7) is 4.78. The van der Waals surface area contributed by atoms with Gasteiger partial charge in [0.2, 0.25) is 0 Å². The molecular formula is C12H17ClN4S. The maximum Gasteiger partial charge on any atom is 0.131 e. The molecule has 2 rings (SSSR count). The van der Waals surface area contributed by atoms with Gasteiger partial charge in [-0.25, -0.2) is 4.98 Å². The molecule has 4 nitrogen and oxygen atoms in total. The number of alkyl halides is 1. The highest BCUT2D eigenvalue weighted by atomic mass is 35.5. The van der Waals surface area contributed by atoms with Gasteiger partial charge in [0.25, 0.3) is 0 Å². The van der Waals surface area contributed by atoms with Gasteiger partial charge in [-0.05, 0) is 13.8 Å². The number of aryl methyl sites for hydroxylation is 3. The number of anilines is 1. The molecular weight excluding hydrogens is 268 g/mol. The molecule has 0 N–H and O–H groups in total. The standard InChI is InChI=1S/C12H17ClN4S/c1-8-11(5-13)12(17(4)15-8)16(3)6-10-7-18-9(2)14-10/h7H,5-6H2,1-4H3. The Morgan fingerprint density at radius 3 is 2.72 bits per heavy atom. The second kappa shape index (κ2) is 5.28. The van der Waals surface area contributed by atoms with E-state index < -0.39 is 0 Å². The molecule has 2 aromatic heterocycles. The second-order valence-corrected chi connectivity index (χ2v) is 5.69. The van der Waals surface area contributed by atoms with Gasteiger partial charge >= 0.3 is 0 Å². The van der Waals surface area contributed by atoms with Crippen molar-refractivity contribution in [3.05, 3.63) is 27.3 Å². The van der Waals surface area contributed by atoms with Crippen molar-refractivity contribution in [3.63, 3.8) is 0 Å². The summed E-state index contributed by atoms with van der Waals surface area (Å²) in [7, 11) is 3.99. The van der Waals surface area contributed by atoms with Crippen molar-refractivity contribution in [2.75, 3.05) is 11.9 Å². The molecule has 18 heavy (non-hydrogen) atoms. The summed E-state index contributed by atoms with van der Waals surface area (Å²) in [5.41, 5.74) is 3.16. The van der Waals surface area contributed by atoms with Crippen LogP contribution in [0.15, 0.2) is 5.38 Å². The van der Waals surface area contributed by atoms with Crippen LogP contribution < -0.4 is 4.90 Å². The first-order chi connectivity index (χ1) is 8.52. The zero-order chi connectivity index (χ0) is 13.3. The van der Waals surface area contributed by atoms with E-state index in [1.807, 2.05) is 32.6 Å². The van der Waals surface area contributed by atoms with E-state index in [1.165, 1.54) is 0 Å². The van der Waals surface area contributed by atoms with Crippen LogP contribution in [0.25, 0.3) is 0 Å². The molecule has 0 aliphatic heterocycles. The van der Waals surface area contributed by atoms with E-state index in [0.717, 1.165) is 34.3 Å². The molecule has 0 atom stereocenters. The first kappa shape index (κ1) is 13.4. The second-order valence-electron chi connectivity index (χ2n) is 4.36. The number of halogens is 1. The van der Waals surface area contributed by atoms with Crippen molar-refractivity contribution >= 4 is 28.8 Å². The molecule has 0 bridgehead atoms. The van der Waals surface area contributed by atoms with E-state index in [-0.39, 0.29) is 0 Å². The Bertz CT molecular complexity index is 546. The number of aromatic nitrogens is 3. The molecule has 98 valence electrons. The van der Waals surface area contributed by atoms with Crippen molar-refractivity contribution in [3.8, 4) is 0 Å². The third kappa shape index (κ3) is 2.52. The van der Waals surface area contributed by atoms with Crippen LogP contribution in [0.5, 0.6) is 0 Å². The summed E-state index contributed by atoms with van der Waals surface area (Å²) in [4.78, 5) is 6.63. The minimum atomic E-state index is 0.482. The highest BCUT2D eigenvalue weighted by Gasteiger charge is 2.16. The Hall–Kier alpha value is -1.07. The molecule has 0 fully saturated rings. The molecule has 0 spiro atoms. The van der Waals surface area contributed by atoms with Crippen LogP contribution in [0, 0.1) is 13.8 Å². The van der Waals surface area contributed by atoms with Crippen LogP contribution in [0.1, 0.15) is 22.0 Å². The highest BCUT2D eigenvalue weighted by Crippen LogP contribution is 2.25. The van der Waals surface area contributed by atoms with Crippen molar-refractivity contribution in [2.24, 2.45) is 7.05 Å².